The van der Waals surface area contributed by atoms with E-state index in [0.29, 0.717) is 13.0 Å². The maximum absolute atomic E-state index is 10.8. The molecule has 0 atom stereocenters. The van der Waals surface area contributed by atoms with Gasteiger partial charge < -0.3 is 4.74 Å². The van der Waals surface area contributed by atoms with Crippen molar-refractivity contribution in [2.24, 2.45) is 0 Å². The summed E-state index contributed by atoms with van der Waals surface area (Å²) >= 11 is 0. The van der Waals surface area contributed by atoms with Gasteiger partial charge >= 0.3 is 5.97 Å². The van der Waals surface area contributed by atoms with E-state index in [1.54, 1.807) is 0 Å². The summed E-state index contributed by atoms with van der Waals surface area (Å²) < 4.78 is 4.87. The van der Waals surface area contributed by atoms with Crippen molar-refractivity contribution in [3.8, 4) is 0 Å². The highest BCUT2D eigenvalue weighted by Crippen LogP contribution is 1.97. The van der Waals surface area contributed by atoms with Crippen LogP contribution in [0, 0.1) is 0 Å². The van der Waals surface area contributed by atoms with E-state index < -0.39 is 0 Å². The molecule has 3 nitrogen and oxygen atoms in total. The molecule has 0 saturated heterocycles. The van der Waals surface area contributed by atoms with Gasteiger partial charge in [0.1, 0.15) is 0 Å². The summed E-state index contributed by atoms with van der Waals surface area (Å²) in [5.41, 5.74) is 0. The monoisotopic (exact) mass is 173 g/mol. The lowest BCUT2D eigenvalue weighted by Gasteiger charge is -2.02. The number of carbonyl (C=O) groups is 1. The normalized spacial score (nSPS) is 9.83. The molecule has 0 aromatic rings. The van der Waals surface area contributed by atoms with Crippen LogP contribution in [-0.4, -0.2) is 19.2 Å². The molecule has 0 aliphatic carbocycles. The Balaban J connectivity index is 3.08. The molecule has 0 spiro atoms. The molecule has 1 radical (unpaired) electrons. The quantitative estimate of drug-likeness (QED) is 0.436. The van der Waals surface area contributed by atoms with Crippen molar-refractivity contribution < 1.29 is 14.6 Å². The van der Waals surface area contributed by atoms with Crippen molar-refractivity contribution >= 4 is 5.97 Å². The third kappa shape index (κ3) is 7.54. The van der Waals surface area contributed by atoms with Crippen LogP contribution in [-0.2, 0) is 14.6 Å². The zero-order valence-electron chi connectivity index (χ0n) is 7.67. The number of hydrogen-bond acceptors (Lipinski definition) is 2. The molecular formula is C9H17O3. The van der Waals surface area contributed by atoms with E-state index in [-0.39, 0.29) is 19.0 Å². The van der Waals surface area contributed by atoms with Gasteiger partial charge in [-0.15, -0.1) is 0 Å². The summed E-state index contributed by atoms with van der Waals surface area (Å²) in [6.07, 6.45) is 3.81. The molecule has 0 unspecified atom stereocenters. The lowest BCUT2D eigenvalue weighted by molar-refractivity contribution is -0.144. The summed E-state index contributed by atoms with van der Waals surface area (Å²) in [6.45, 7) is 2.41. The van der Waals surface area contributed by atoms with E-state index in [4.69, 9.17) is 4.74 Å². The Morgan fingerprint density at radius 3 is 2.58 bits per heavy atom. The molecule has 0 aliphatic rings. The number of hydrogen-bond donors (Lipinski definition) is 0. The second-order valence-electron chi connectivity index (χ2n) is 2.74. The Bertz CT molecular complexity index is 112. The van der Waals surface area contributed by atoms with Gasteiger partial charge in [-0.2, -0.15) is 0 Å². The predicted octanol–water partition coefficient (Wildman–Crippen LogP) is 1.93. The second-order valence-corrected chi connectivity index (χ2v) is 2.74. The lowest BCUT2D eigenvalue weighted by Crippen LogP contribution is -2.06. The first-order valence-electron chi connectivity index (χ1n) is 4.55. The fraction of sp³-hybridized carbons (Fsp3) is 0.889. The minimum Gasteiger partial charge on any atom is -0.466 e. The SMILES string of the molecule is CCCCCOC(=O)CCC[O]. The minimum atomic E-state index is -0.234. The van der Waals surface area contributed by atoms with Crippen molar-refractivity contribution in [3.05, 3.63) is 0 Å². The van der Waals surface area contributed by atoms with Gasteiger partial charge in [0.25, 0.3) is 0 Å². The number of ether oxygens (including phenoxy) is 1. The highest BCUT2D eigenvalue weighted by Gasteiger charge is 2.00. The van der Waals surface area contributed by atoms with Crippen LogP contribution in [0.25, 0.3) is 0 Å². The van der Waals surface area contributed by atoms with Crippen LogP contribution in [0.2, 0.25) is 0 Å². The largest absolute Gasteiger partial charge is 0.466 e. The van der Waals surface area contributed by atoms with E-state index in [9.17, 15) is 9.90 Å². The molecule has 12 heavy (non-hydrogen) atoms. The molecule has 71 valence electrons. The highest BCUT2D eigenvalue weighted by atomic mass is 16.5. The second kappa shape index (κ2) is 8.53. The topological polar surface area (TPSA) is 46.2 Å². The summed E-state index contributed by atoms with van der Waals surface area (Å²) in [6, 6.07) is 0. The minimum absolute atomic E-state index is 0.190. The molecule has 0 rings (SSSR count). The molecule has 0 heterocycles. The first-order valence-corrected chi connectivity index (χ1v) is 4.55. The maximum atomic E-state index is 10.8. The van der Waals surface area contributed by atoms with Gasteiger partial charge in [-0.25, -0.2) is 5.11 Å². The zero-order valence-corrected chi connectivity index (χ0v) is 7.67. The highest BCUT2D eigenvalue weighted by molar-refractivity contribution is 5.69. The fourth-order valence-corrected chi connectivity index (χ4v) is 0.827. The van der Waals surface area contributed by atoms with E-state index in [1.807, 2.05) is 0 Å². The summed E-state index contributed by atoms with van der Waals surface area (Å²) in [4.78, 5) is 10.8. The third-order valence-electron chi connectivity index (χ3n) is 1.54. The molecule has 0 aromatic carbocycles. The maximum Gasteiger partial charge on any atom is 0.305 e. The van der Waals surface area contributed by atoms with Gasteiger partial charge in [-0.1, -0.05) is 19.8 Å². The molecule has 0 saturated carbocycles. The van der Waals surface area contributed by atoms with Crippen LogP contribution in [0.5, 0.6) is 0 Å². The Morgan fingerprint density at radius 1 is 1.25 bits per heavy atom. The fourth-order valence-electron chi connectivity index (χ4n) is 0.827. The standard InChI is InChI=1S/C9H17O3/c1-2-3-4-8-12-9(11)6-5-7-10/h2-8H2,1H3. The Hall–Kier alpha value is -0.570. The van der Waals surface area contributed by atoms with Crippen molar-refractivity contribution in [3.63, 3.8) is 0 Å². The van der Waals surface area contributed by atoms with Crippen molar-refractivity contribution in [2.75, 3.05) is 13.2 Å². The van der Waals surface area contributed by atoms with Crippen LogP contribution in [0.4, 0.5) is 0 Å². The van der Waals surface area contributed by atoms with Gasteiger partial charge in [0.15, 0.2) is 0 Å². The number of esters is 1. The van der Waals surface area contributed by atoms with Gasteiger partial charge in [-0.05, 0) is 12.8 Å². The molecule has 0 N–H and O–H groups in total. The molecule has 0 amide bonds. The summed E-state index contributed by atoms with van der Waals surface area (Å²) in [5, 5.41) is 10.0. The molecule has 0 aromatic heterocycles. The van der Waals surface area contributed by atoms with E-state index in [1.165, 1.54) is 0 Å². The van der Waals surface area contributed by atoms with Crippen molar-refractivity contribution in [1.29, 1.82) is 0 Å². The zero-order chi connectivity index (χ0) is 9.23. The lowest BCUT2D eigenvalue weighted by atomic mass is 10.3. The summed E-state index contributed by atoms with van der Waals surface area (Å²) in [5.74, 6) is -0.234. The van der Waals surface area contributed by atoms with Gasteiger partial charge in [0.2, 0.25) is 0 Å². The molecule has 3 heteroatoms. The van der Waals surface area contributed by atoms with E-state index >= 15 is 0 Å². The number of unbranched alkanes of at least 4 members (excludes halogenated alkanes) is 2. The molecule has 0 bridgehead atoms. The predicted molar refractivity (Wildman–Crippen MR) is 45.3 cm³/mol. The number of carbonyl (C=O) groups excluding carboxylic acids is 1. The first kappa shape index (κ1) is 11.4. The van der Waals surface area contributed by atoms with Crippen molar-refractivity contribution in [1.82, 2.24) is 0 Å². The van der Waals surface area contributed by atoms with Crippen LogP contribution < -0.4 is 0 Å². The first-order chi connectivity index (χ1) is 5.81. The number of rotatable bonds is 7. The molecule has 0 fully saturated rings. The Kier molecular flexibility index (Phi) is 8.12. The van der Waals surface area contributed by atoms with Crippen LogP contribution >= 0.6 is 0 Å². The Morgan fingerprint density at radius 2 is 2.00 bits per heavy atom. The van der Waals surface area contributed by atoms with Gasteiger partial charge in [-0.3, -0.25) is 4.79 Å². The molecular weight excluding hydrogens is 156 g/mol. The van der Waals surface area contributed by atoms with Gasteiger partial charge in [0.05, 0.1) is 13.2 Å². The molecule has 0 aliphatic heterocycles. The van der Waals surface area contributed by atoms with Crippen LogP contribution in [0.15, 0.2) is 0 Å². The summed E-state index contributed by atoms with van der Waals surface area (Å²) in [7, 11) is 0. The smallest absolute Gasteiger partial charge is 0.305 e. The average molecular weight is 173 g/mol. The van der Waals surface area contributed by atoms with E-state index in [0.717, 1.165) is 19.3 Å². The average Bonchev–Trinajstić information content (AvgIpc) is 2.09. The third-order valence-corrected chi connectivity index (χ3v) is 1.54. The van der Waals surface area contributed by atoms with Crippen LogP contribution in [0.1, 0.15) is 39.0 Å². The van der Waals surface area contributed by atoms with Crippen molar-refractivity contribution in [2.45, 2.75) is 39.0 Å². The van der Waals surface area contributed by atoms with Crippen LogP contribution in [0.3, 0.4) is 0 Å². The van der Waals surface area contributed by atoms with Gasteiger partial charge in [0, 0.05) is 6.42 Å². The Labute approximate surface area is 73.7 Å². The van der Waals surface area contributed by atoms with E-state index in [2.05, 4.69) is 6.92 Å².